The highest BCUT2D eigenvalue weighted by atomic mass is 35.5. The molecule has 3 atom stereocenters. The number of hydrogen-bond donors (Lipinski definition) is 1. The van der Waals surface area contributed by atoms with Crippen molar-refractivity contribution < 1.29 is 13.6 Å². The van der Waals surface area contributed by atoms with Gasteiger partial charge in [-0.25, -0.2) is 13.8 Å². The second-order valence-corrected chi connectivity index (χ2v) is 9.46. The van der Waals surface area contributed by atoms with E-state index in [9.17, 15) is 13.6 Å². The van der Waals surface area contributed by atoms with Gasteiger partial charge in [-0.05, 0) is 6.07 Å². The predicted molar refractivity (Wildman–Crippen MR) is 114 cm³/mol. The molecule has 2 aromatic heterocycles. The number of alkyl halides is 2. The number of aromatic nitrogens is 4. The number of fused-ring (bicyclic) bond motifs is 1. The molecule has 31 heavy (non-hydrogen) atoms. The lowest BCUT2D eigenvalue weighted by molar-refractivity contribution is -0.134. The molecule has 2 aromatic rings. The molecule has 3 fully saturated rings. The molecule has 8 nitrogen and oxygen atoms in total. The van der Waals surface area contributed by atoms with Gasteiger partial charge in [0.1, 0.15) is 11.7 Å². The van der Waals surface area contributed by atoms with Crippen LogP contribution in [0.15, 0.2) is 24.7 Å². The molecule has 1 aliphatic carbocycles. The van der Waals surface area contributed by atoms with E-state index in [1.54, 1.807) is 22.0 Å². The Balaban J connectivity index is 0.00000231. The Morgan fingerprint density at radius 2 is 1.84 bits per heavy atom. The van der Waals surface area contributed by atoms with Gasteiger partial charge in [-0.2, -0.15) is 10.1 Å². The number of halogens is 3. The highest BCUT2D eigenvalue weighted by Crippen LogP contribution is 2.55. The number of anilines is 3. The lowest BCUT2D eigenvalue weighted by Crippen LogP contribution is -2.37. The highest BCUT2D eigenvalue weighted by molar-refractivity contribution is 5.85. The van der Waals surface area contributed by atoms with Crippen LogP contribution in [0, 0.1) is 16.7 Å². The summed E-state index contributed by atoms with van der Waals surface area (Å²) in [5, 5.41) is 7.28. The third-order valence-corrected chi connectivity index (χ3v) is 6.98. The van der Waals surface area contributed by atoms with Crippen LogP contribution in [0.4, 0.5) is 26.2 Å². The molecule has 3 aliphatic rings. The lowest BCUT2D eigenvalue weighted by Gasteiger charge is -2.29. The minimum absolute atomic E-state index is 0. The summed E-state index contributed by atoms with van der Waals surface area (Å²) in [7, 11) is 1.84. The van der Waals surface area contributed by atoms with E-state index in [4.69, 9.17) is 0 Å². The van der Waals surface area contributed by atoms with E-state index >= 15 is 0 Å². The molecule has 2 aliphatic heterocycles. The lowest BCUT2D eigenvalue weighted by atomic mass is 9.71. The van der Waals surface area contributed by atoms with Crippen LogP contribution in [0.25, 0.3) is 0 Å². The largest absolute Gasteiger partial charge is 0.355 e. The zero-order valence-corrected chi connectivity index (χ0v) is 18.5. The molecule has 0 spiro atoms. The van der Waals surface area contributed by atoms with Gasteiger partial charge < -0.3 is 15.1 Å². The SMILES string of the molecule is Cl.Cn1cc(Nc2nccc(N3C[C@]4(C)CN(C(=O)C5CC5(F)F)C[C@]4(C)C3)n2)cn1. The average molecular weight is 454 g/mol. The first-order valence-electron chi connectivity index (χ1n) is 10.1. The molecule has 1 amide bonds. The maximum Gasteiger partial charge on any atom is 0.260 e. The first-order chi connectivity index (χ1) is 14.1. The van der Waals surface area contributed by atoms with E-state index in [0.717, 1.165) is 11.5 Å². The number of carbonyl (C=O) groups excluding carboxylic acids is 1. The highest BCUT2D eigenvalue weighted by Gasteiger charge is 2.65. The number of nitrogens with one attached hydrogen (secondary N) is 1. The number of carbonyl (C=O) groups is 1. The van der Waals surface area contributed by atoms with Crippen molar-refractivity contribution in [2.45, 2.75) is 26.2 Å². The maximum atomic E-state index is 13.4. The number of likely N-dealkylation sites (tertiary alicyclic amines) is 1. The third kappa shape index (κ3) is 3.60. The fraction of sp³-hybridized carbons (Fsp3) is 0.600. The second-order valence-electron chi connectivity index (χ2n) is 9.46. The molecule has 1 unspecified atom stereocenters. The van der Waals surface area contributed by atoms with Crippen LogP contribution in [0.2, 0.25) is 0 Å². The summed E-state index contributed by atoms with van der Waals surface area (Å²) >= 11 is 0. The predicted octanol–water partition coefficient (Wildman–Crippen LogP) is 2.71. The van der Waals surface area contributed by atoms with Crippen molar-refractivity contribution >= 4 is 35.8 Å². The molecule has 0 radical (unpaired) electrons. The van der Waals surface area contributed by atoms with Gasteiger partial charge in [-0.3, -0.25) is 9.48 Å². The van der Waals surface area contributed by atoms with Gasteiger partial charge in [-0.1, -0.05) is 13.8 Å². The number of hydrogen-bond acceptors (Lipinski definition) is 6. The van der Waals surface area contributed by atoms with E-state index in [1.807, 2.05) is 19.3 Å². The van der Waals surface area contributed by atoms with Gasteiger partial charge in [0.25, 0.3) is 5.92 Å². The Morgan fingerprint density at radius 1 is 1.19 bits per heavy atom. The molecule has 0 aromatic carbocycles. The summed E-state index contributed by atoms with van der Waals surface area (Å²) in [5.74, 6) is -3.04. The fourth-order valence-electron chi connectivity index (χ4n) is 4.88. The van der Waals surface area contributed by atoms with E-state index < -0.39 is 17.7 Å². The molecule has 1 N–H and O–H groups in total. The summed E-state index contributed by atoms with van der Waals surface area (Å²) in [5.41, 5.74) is 0.432. The Bertz CT molecular complexity index is 997. The topological polar surface area (TPSA) is 79.2 Å². The Hall–Kier alpha value is -2.49. The van der Waals surface area contributed by atoms with Crippen LogP contribution in [0.1, 0.15) is 20.3 Å². The van der Waals surface area contributed by atoms with E-state index in [-0.39, 0.29) is 29.7 Å². The number of aryl methyl sites for hydroxylation is 1. The van der Waals surface area contributed by atoms with Crippen LogP contribution in [0.5, 0.6) is 0 Å². The zero-order chi connectivity index (χ0) is 21.3. The van der Waals surface area contributed by atoms with Gasteiger partial charge in [0.05, 0.1) is 11.9 Å². The summed E-state index contributed by atoms with van der Waals surface area (Å²) < 4.78 is 28.5. The quantitative estimate of drug-likeness (QED) is 0.766. The minimum Gasteiger partial charge on any atom is -0.355 e. The van der Waals surface area contributed by atoms with Crippen molar-refractivity contribution in [3.8, 4) is 0 Å². The van der Waals surface area contributed by atoms with E-state index in [2.05, 4.69) is 39.1 Å². The van der Waals surface area contributed by atoms with Gasteiger partial charge >= 0.3 is 0 Å². The Labute approximate surface area is 185 Å². The zero-order valence-electron chi connectivity index (χ0n) is 17.7. The van der Waals surface area contributed by atoms with E-state index in [0.29, 0.717) is 32.1 Å². The molecule has 5 rings (SSSR count). The summed E-state index contributed by atoms with van der Waals surface area (Å²) in [6.07, 6.45) is 4.95. The smallest absolute Gasteiger partial charge is 0.260 e. The third-order valence-electron chi connectivity index (χ3n) is 6.98. The van der Waals surface area contributed by atoms with Gasteiger partial charge in [-0.15, -0.1) is 12.4 Å². The van der Waals surface area contributed by atoms with Gasteiger partial charge in [0, 0.05) is 62.9 Å². The maximum absolute atomic E-state index is 13.4. The van der Waals surface area contributed by atoms with Crippen molar-refractivity contribution in [1.82, 2.24) is 24.6 Å². The average Bonchev–Trinajstić information content (AvgIpc) is 2.90. The molecular formula is C20H26ClF2N7O. The molecule has 2 saturated heterocycles. The number of nitrogens with zero attached hydrogens (tertiary/aromatic N) is 6. The van der Waals surface area contributed by atoms with Crippen LogP contribution >= 0.6 is 12.4 Å². The Morgan fingerprint density at radius 3 is 2.39 bits per heavy atom. The van der Waals surface area contributed by atoms with Crippen LogP contribution < -0.4 is 10.2 Å². The molecule has 4 heterocycles. The Kier molecular flexibility index (Phi) is 4.92. The first-order valence-corrected chi connectivity index (χ1v) is 10.1. The standard InChI is InChI=1S/C20H25F2N7O.ClH/c1-18-9-28(15-4-5-23-17(26-15)25-13-7-24-27(3)8-13)10-19(18,2)12-29(11-18)16(30)14-6-20(14,21)22;/h4-5,7-8,14H,6,9-12H2,1-3H3,(H,23,25,26);1H/t14?,18-,19+;. The van der Waals surface area contributed by atoms with Gasteiger partial charge in [0.15, 0.2) is 0 Å². The fourth-order valence-corrected chi connectivity index (χ4v) is 4.88. The number of rotatable bonds is 4. The van der Waals surface area contributed by atoms with Crippen LogP contribution in [0.3, 0.4) is 0 Å². The van der Waals surface area contributed by atoms with Crippen LogP contribution in [-0.4, -0.2) is 62.7 Å². The summed E-state index contributed by atoms with van der Waals surface area (Å²) in [4.78, 5) is 25.3. The van der Waals surface area contributed by atoms with Crippen LogP contribution in [-0.2, 0) is 11.8 Å². The summed E-state index contributed by atoms with van der Waals surface area (Å²) in [6.45, 7) is 6.69. The van der Waals surface area contributed by atoms with Gasteiger partial charge in [0.2, 0.25) is 11.9 Å². The summed E-state index contributed by atoms with van der Waals surface area (Å²) in [6, 6.07) is 1.87. The van der Waals surface area contributed by atoms with E-state index in [1.165, 1.54) is 0 Å². The van der Waals surface area contributed by atoms with Crippen molar-refractivity contribution in [3.05, 3.63) is 24.7 Å². The van der Waals surface area contributed by atoms with Crippen molar-refractivity contribution in [1.29, 1.82) is 0 Å². The molecular weight excluding hydrogens is 428 g/mol. The van der Waals surface area contributed by atoms with Crippen molar-refractivity contribution in [3.63, 3.8) is 0 Å². The minimum atomic E-state index is -2.82. The monoisotopic (exact) mass is 453 g/mol. The molecule has 0 bridgehead atoms. The number of amides is 1. The van der Waals surface area contributed by atoms with Crippen molar-refractivity contribution in [2.75, 3.05) is 36.4 Å². The molecule has 1 saturated carbocycles. The van der Waals surface area contributed by atoms with Crippen molar-refractivity contribution in [2.24, 2.45) is 23.8 Å². The normalized spacial score (nSPS) is 30.7. The molecule has 11 heteroatoms. The first kappa shape index (κ1) is 21.7. The molecule has 168 valence electrons. The second kappa shape index (κ2) is 7.01.